The number of rotatable bonds is 4. The highest BCUT2D eigenvalue weighted by atomic mass is 32.2. The summed E-state index contributed by atoms with van der Waals surface area (Å²) in [5, 5.41) is 14.1. The van der Waals surface area contributed by atoms with Crippen LogP contribution in [0.1, 0.15) is 0 Å². The van der Waals surface area contributed by atoms with Crippen LogP contribution >= 0.6 is 24.8 Å². The number of thiol groups is 1. The van der Waals surface area contributed by atoms with Crippen molar-refractivity contribution in [3.8, 4) is 0 Å². The fourth-order valence-electron chi connectivity index (χ4n) is 1.56. The average molecular weight is 271 g/mol. The SMILES string of the molecule is O=S1(=O)C[C@@H](O)[C@@H]([NH2+]CCNC(=S)S)C1. The van der Waals surface area contributed by atoms with Crippen molar-refractivity contribution in [3.05, 3.63) is 0 Å². The standard InChI is InChI=1S/C7H14N2O3S3/c10-6-4-15(11,12)3-5(6)8-1-2-9-7(13)14/h5-6,8,10H,1-4H2,(H2,9,13,14)/p+1/t5-,6+/m0/s1. The molecule has 0 aromatic rings. The zero-order valence-corrected chi connectivity index (χ0v) is 10.6. The molecule has 0 unspecified atom stereocenters. The van der Waals surface area contributed by atoms with E-state index in [-0.39, 0.29) is 17.5 Å². The number of thiocarbonyl (C=S) groups is 1. The number of aliphatic hydroxyl groups is 1. The molecule has 1 fully saturated rings. The van der Waals surface area contributed by atoms with Gasteiger partial charge in [0.1, 0.15) is 22.2 Å². The molecule has 0 radical (unpaired) electrons. The minimum atomic E-state index is -3.04. The number of nitrogens with two attached hydrogens (primary N) is 1. The van der Waals surface area contributed by atoms with Crippen LogP contribution < -0.4 is 10.6 Å². The molecule has 1 heterocycles. The maximum Gasteiger partial charge on any atom is 0.159 e. The van der Waals surface area contributed by atoms with E-state index < -0.39 is 15.9 Å². The fourth-order valence-corrected chi connectivity index (χ4v) is 3.62. The monoisotopic (exact) mass is 271 g/mol. The number of quaternary nitrogens is 1. The summed E-state index contributed by atoms with van der Waals surface area (Å²) in [5.74, 6) is -0.0634. The predicted molar refractivity (Wildman–Crippen MR) is 64.8 cm³/mol. The summed E-state index contributed by atoms with van der Waals surface area (Å²) >= 11 is 8.58. The Labute approximate surface area is 100.0 Å². The second-order valence-corrected chi connectivity index (χ2v) is 6.88. The molecule has 1 rings (SSSR count). The molecule has 1 aliphatic rings. The van der Waals surface area contributed by atoms with Gasteiger partial charge in [-0.15, -0.1) is 12.6 Å². The minimum Gasteiger partial charge on any atom is -0.386 e. The van der Waals surface area contributed by atoms with Crippen LogP contribution in [0.4, 0.5) is 0 Å². The highest BCUT2D eigenvalue weighted by Crippen LogP contribution is 2.08. The largest absolute Gasteiger partial charge is 0.386 e. The minimum absolute atomic E-state index is 0.0550. The van der Waals surface area contributed by atoms with Gasteiger partial charge >= 0.3 is 0 Å². The third kappa shape index (κ3) is 4.64. The fraction of sp³-hybridized carbons (Fsp3) is 0.857. The molecular formula is C7H15N2O3S3+. The summed E-state index contributed by atoms with van der Waals surface area (Å²) < 4.78 is 22.7. The second-order valence-electron chi connectivity index (χ2n) is 3.56. The number of sulfone groups is 1. The molecule has 0 aromatic carbocycles. The van der Waals surface area contributed by atoms with E-state index in [2.05, 4.69) is 17.9 Å². The first-order valence-corrected chi connectivity index (χ1v) is 7.27. The molecule has 8 heteroatoms. The number of hydrogen-bond donors (Lipinski definition) is 4. The van der Waals surface area contributed by atoms with Crippen molar-refractivity contribution in [3.63, 3.8) is 0 Å². The molecular weight excluding hydrogens is 256 g/mol. The van der Waals surface area contributed by atoms with E-state index in [4.69, 9.17) is 12.2 Å². The van der Waals surface area contributed by atoms with Gasteiger partial charge in [0.05, 0.1) is 18.8 Å². The normalized spacial score (nSPS) is 28.9. The summed E-state index contributed by atoms with van der Waals surface area (Å²) in [6, 6.07) is -0.245. The first kappa shape index (κ1) is 13.2. The maximum absolute atomic E-state index is 11.2. The summed E-state index contributed by atoms with van der Waals surface area (Å²) in [6.45, 7) is 1.28. The smallest absolute Gasteiger partial charge is 0.159 e. The summed E-state index contributed by atoms with van der Waals surface area (Å²) in [7, 11) is -3.04. The molecule has 88 valence electrons. The lowest BCUT2D eigenvalue weighted by Gasteiger charge is -2.11. The Hall–Kier alpha value is 0.110. The van der Waals surface area contributed by atoms with Crippen LogP contribution in [0.25, 0.3) is 0 Å². The van der Waals surface area contributed by atoms with Crippen molar-refractivity contribution in [2.24, 2.45) is 0 Å². The molecule has 0 aliphatic carbocycles. The highest BCUT2D eigenvalue weighted by molar-refractivity contribution is 8.11. The number of nitrogens with one attached hydrogen (secondary N) is 1. The van der Waals surface area contributed by atoms with E-state index in [9.17, 15) is 13.5 Å². The lowest BCUT2D eigenvalue weighted by atomic mass is 10.2. The van der Waals surface area contributed by atoms with Crippen LogP contribution in [-0.2, 0) is 9.84 Å². The third-order valence-corrected chi connectivity index (χ3v) is 4.30. The van der Waals surface area contributed by atoms with Crippen molar-refractivity contribution in [2.75, 3.05) is 24.6 Å². The van der Waals surface area contributed by atoms with Crippen molar-refractivity contribution < 1.29 is 18.8 Å². The lowest BCUT2D eigenvalue weighted by Crippen LogP contribution is -2.93. The van der Waals surface area contributed by atoms with Crippen molar-refractivity contribution in [2.45, 2.75) is 12.1 Å². The summed E-state index contributed by atoms with van der Waals surface area (Å²) in [4.78, 5) is 0. The average Bonchev–Trinajstić information content (AvgIpc) is 2.33. The Morgan fingerprint density at radius 2 is 2.27 bits per heavy atom. The van der Waals surface area contributed by atoms with Gasteiger partial charge in [-0.25, -0.2) is 8.42 Å². The van der Waals surface area contributed by atoms with Gasteiger partial charge in [-0.1, -0.05) is 12.2 Å². The molecule has 0 saturated carbocycles. The van der Waals surface area contributed by atoms with E-state index >= 15 is 0 Å². The quantitative estimate of drug-likeness (QED) is 0.258. The third-order valence-electron chi connectivity index (χ3n) is 2.26. The van der Waals surface area contributed by atoms with Crippen LogP contribution in [0, 0.1) is 0 Å². The van der Waals surface area contributed by atoms with Gasteiger partial charge in [-0.05, 0) is 0 Å². The van der Waals surface area contributed by atoms with Crippen molar-refractivity contribution in [1.29, 1.82) is 0 Å². The number of hydrogen-bond acceptors (Lipinski definition) is 4. The predicted octanol–water partition coefficient (Wildman–Crippen LogP) is -2.49. The molecule has 2 atom stereocenters. The Morgan fingerprint density at radius 1 is 1.60 bits per heavy atom. The van der Waals surface area contributed by atoms with Crippen LogP contribution in [0.15, 0.2) is 0 Å². The van der Waals surface area contributed by atoms with Gasteiger partial charge in [0.2, 0.25) is 0 Å². The second kappa shape index (κ2) is 5.44. The first-order chi connectivity index (χ1) is 6.91. The zero-order chi connectivity index (χ0) is 11.5. The lowest BCUT2D eigenvalue weighted by molar-refractivity contribution is -0.688. The molecule has 0 amide bonds. The van der Waals surface area contributed by atoms with Crippen LogP contribution in [0.3, 0.4) is 0 Å². The van der Waals surface area contributed by atoms with E-state index in [1.54, 1.807) is 0 Å². The van der Waals surface area contributed by atoms with Gasteiger partial charge in [0.15, 0.2) is 9.84 Å². The van der Waals surface area contributed by atoms with E-state index in [1.165, 1.54) is 0 Å². The molecule has 15 heavy (non-hydrogen) atoms. The number of aliphatic hydroxyl groups excluding tert-OH is 1. The molecule has 0 aromatic heterocycles. The molecule has 4 N–H and O–H groups in total. The molecule has 5 nitrogen and oxygen atoms in total. The van der Waals surface area contributed by atoms with Crippen LogP contribution in [0.2, 0.25) is 0 Å². The molecule has 1 aliphatic heterocycles. The molecule has 1 saturated heterocycles. The Bertz CT molecular complexity index is 330. The summed E-state index contributed by atoms with van der Waals surface area (Å²) in [6.07, 6.45) is -0.752. The zero-order valence-electron chi connectivity index (χ0n) is 8.09. The Balaban J connectivity index is 2.25. The first-order valence-electron chi connectivity index (χ1n) is 4.59. The topological polar surface area (TPSA) is 83.0 Å². The maximum atomic E-state index is 11.2. The van der Waals surface area contributed by atoms with Crippen LogP contribution in [0.5, 0.6) is 0 Å². The summed E-state index contributed by atoms with van der Waals surface area (Å²) in [5.41, 5.74) is 0. The van der Waals surface area contributed by atoms with Gasteiger partial charge in [0, 0.05) is 0 Å². The Morgan fingerprint density at radius 3 is 2.73 bits per heavy atom. The van der Waals surface area contributed by atoms with Crippen LogP contribution in [-0.4, -0.2) is 54.6 Å². The molecule has 0 bridgehead atoms. The van der Waals surface area contributed by atoms with Gasteiger partial charge in [-0.3, -0.25) is 0 Å². The Kier molecular flexibility index (Phi) is 4.78. The van der Waals surface area contributed by atoms with Gasteiger partial charge < -0.3 is 15.7 Å². The molecule has 0 spiro atoms. The van der Waals surface area contributed by atoms with Crippen molar-refractivity contribution in [1.82, 2.24) is 5.32 Å². The van der Waals surface area contributed by atoms with E-state index in [0.717, 1.165) is 0 Å². The van der Waals surface area contributed by atoms with E-state index in [1.807, 2.05) is 5.32 Å². The van der Waals surface area contributed by atoms with E-state index in [0.29, 0.717) is 17.4 Å². The van der Waals surface area contributed by atoms with Gasteiger partial charge in [-0.2, -0.15) is 0 Å². The van der Waals surface area contributed by atoms with Crippen molar-refractivity contribution >= 4 is 39.0 Å². The highest BCUT2D eigenvalue weighted by Gasteiger charge is 2.38. The van der Waals surface area contributed by atoms with Gasteiger partial charge in [0.25, 0.3) is 0 Å².